The van der Waals surface area contributed by atoms with Gasteiger partial charge in [-0.3, -0.25) is 0 Å². The monoisotopic (exact) mass is 181 g/mol. The fraction of sp³-hybridized carbons (Fsp3) is 0.700. The summed E-state index contributed by atoms with van der Waals surface area (Å²) in [7, 11) is 0. The number of aromatic nitrogens is 2. The van der Waals surface area contributed by atoms with Gasteiger partial charge in [0.05, 0.1) is 5.69 Å². The molecule has 1 aromatic rings. The van der Waals surface area contributed by atoms with Crippen LogP contribution in [0.5, 0.6) is 0 Å². The van der Waals surface area contributed by atoms with Crippen LogP contribution in [0.1, 0.15) is 38.2 Å². The molecule has 0 saturated carbocycles. The van der Waals surface area contributed by atoms with Gasteiger partial charge >= 0.3 is 0 Å². The van der Waals surface area contributed by atoms with Gasteiger partial charge in [0.15, 0.2) is 0 Å². The van der Waals surface area contributed by atoms with E-state index in [4.69, 9.17) is 5.73 Å². The number of rotatable bonds is 4. The lowest BCUT2D eigenvalue weighted by molar-refractivity contribution is 0.612. The van der Waals surface area contributed by atoms with E-state index in [0.717, 1.165) is 30.3 Å². The van der Waals surface area contributed by atoms with Gasteiger partial charge in [-0.2, -0.15) is 0 Å². The molecule has 0 aliphatic rings. The Bertz CT molecular complexity index is 276. The molecule has 13 heavy (non-hydrogen) atoms. The van der Waals surface area contributed by atoms with Crippen LogP contribution in [0.2, 0.25) is 0 Å². The maximum absolute atomic E-state index is 5.92. The fourth-order valence-electron chi connectivity index (χ4n) is 1.48. The highest BCUT2D eigenvalue weighted by atomic mass is 15.1. The first kappa shape index (κ1) is 10.1. The predicted octanol–water partition coefficient (Wildman–Crippen LogP) is 2.14. The van der Waals surface area contributed by atoms with E-state index in [1.807, 2.05) is 6.92 Å². The summed E-state index contributed by atoms with van der Waals surface area (Å²) < 4.78 is 2.14. The molecule has 1 aromatic heterocycles. The number of unbranched alkanes of at least 4 members (excludes halogenated alkanes) is 1. The van der Waals surface area contributed by atoms with Crippen LogP contribution in [0.3, 0.4) is 0 Å². The third-order valence-corrected chi connectivity index (χ3v) is 2.32. The lowest BCUT2D eigenvalue weighted by Crippen LogP contribution is -2.06. The molecule has 3 nitrogen and oxygen atoms in total. The Kier molecular flexibility index (Phi) is 3.34. The van der Waals surface area contributed by atoms with Crippen molar-refractivity contribution >= 4 is 5.82 Å². The molecule has 2 N–H and O–H groups in total. The van der Waals surface area contributed by atoms with Crippen molar-refractivity contribution in [2.45, 2.75) is 46.6 Å². The molecule has 0 spiro atoms. The Labute approximate surface area is 80.0 Å². The van der Waals surface area contributed by atoms with Crippen molar-refractivity contribution in [3.05, 3.63) is 11.5 Å². The van der Waals surface area contributed by atoms with Gasteiger partial charge in [-0.05, 0) is 13.3 Å². The molecule has 0 saturated heterocycles. The molecule has 0 radical (unpaired) electrons. The highest BCUT2D eigenvalue weighted by Gasteiger charge is 2.08. The molecule has 0 fully saturated rings. The van der Waals surface area contributed by atoms with Crippen molar-refractivity contribution in [1.82, 2.24) is 9.55 Å². The minimum Gasteiger partial charge on any atom is -0.384 e. The first-order chi connectivity index (χ1) is 6.20. The van der Waals surface area contributed by atoms with E-state index in [-0.39, 0.29) is 0 Å². The topological polar surface area (TPSA) is 43.8 Å². The largest absolute Gasteiger partial charge is 0.384 e. The molecular formula is C10H19N3. The number of hydrogen-bond donors (Lipinski definition) is 1. The molecule has 0 aliphatic heterocycles. The van der Waals surface area contributed by atoms with E-state index < -0.39 is 0 Å². The molecular weight excluding hydrogens is 162 g/mol. The Morgan fingerprint density at radius 1 is 1.38 bits per heavy atom. The third kappa shape index (κ3) is 2.02. The van der Waals surface area contributed by atoms with Crippen molar-refractivity contribution in [2.24, 2.45) is 0 Å². The Morgan fingerprint density at radius 3 is 2.62 bits per heavy atom. The minimum atomic E-state index is 0.838. The van der Waals surface area contributed by atoms with E-state index in [1.165, 1.54) is 12.8 Å². The number of nitrogens with zero attached hydrogens (tertiary/aromatic N) is 2. The van der Waals surface area contributed by atoms with Gasteiger partial charge in [-0.1, -0.05) is 20.3 Å². The first-order valence-corrected chi connectivity index (χ1v) is 5.02. The number of nitrogens with two attached hydrogens (primary N) is 1. The van der Waals surface area contributed by atoms with Crippen molar-refractivity contribution in [3.8, 4) is 0 Å². The van der Waals surface area contributed by atoms with Crippen molar-refractivity contribution in [3.63, 3.8) is 0 Å². The summed E-state index contributed by atoms with van der Waals surface area (Å²) >= 11 is 0. The first-order valence-electron chi connectivity index (χ1n) is 5.02. The van der Waals surface area contributed by atoms with E-state index >= 15 is 0 Å². The van der Waals surface area contributed by atoms with Crippen LogP contribution < -0.4 is 5.73 Å². The van der Waals surface area contributed by atoms with Crippen LogP contribution in [0.25, 0.3) is 0 Å². The highest BCUT2D eigenvalue weighted by molar-refractivity contribution is 5.37. The van der Waals surface area contributed by atoms with Crippen molar-refractivity contribution in [2.75, 3.05) is 5.73 Å². The van der Waals surface area contributed by atoms with E-state index in [2.05, 4.69) is 23.4 Å². The van der Waals surface area contributed by atoms with E-state index in [9.17, 15) is 0 Å². The second kappa shape index (κ2) is 4.30. The fourth-order valence-corrected chi connectivity index (χ4v) is 1.48. The van der Waals surface area contributed by atoms with Gasteiger partial charge < -0.3 is 10.3 Å². The van der Waals surface area contributed by atoms with Crippen molar-refractivity contribution in [1.29, 1.82) is 0 Å². The second-order valence-corrected chi connectivity index (χ2v) is 3.36. The standard InChI is InChI=1S/C10H19N3/c1-4-6-7-13-9(5-2)12-8(3)10(13)11/h4-7,11H2,1-3H3. The zero-order chi connectivity index (χ0) is 9.84. The average molecular weight is 181 g/mol. The zero-order valence-corrected chi connectivity index (χ0v) is 8.80. The van der Waals surface area contributed by atoms with Gasteiger partial charge in [-0.15, -0.1) is 0 Å². The maximum Gasteiger partial charge on any atom is 0.126 e. The number of aryl methyl sites for hydroxylation is 2. The predicted molar refractivity (Wildman–Crippen MR) is 55.7 cm³/mol. The molecule has 1 rings (SSSR count). The molecule has 0 atom stereocenters. The number of anilines is 1. The molecule has 0 bridgehead atoms. The van der Waals surface area contributed by atoms with Gasteiger partial charge in [-0.25, -0.2) is 4.98 Å². The minimum absolute atomic E-state index is 0.838. The molecule has 0 aliphatic carbocycles. The zero-order valence-electron chi connectivity index (χ0n) is 8.80. The van der Waals surface area contributed by atoms with Crippen molar-refractivity contribution < 1.29 is 0 Å². The number of nitrogen functional groups attached to an aromatic ring is 1. The molecule has 1 heterocycles. The lowest BCUT2D eigenvalue weighted by atomic mass is 10.3. The van der Waals surface area contributed by atoms with E-state index in [0.29, 0.717) is 0 Å². The Balaban J connectivity index is 2.88. The summed E-state index contributed by atoms with van der Waals surface area (Å²) in [6.45, 7) is 7.28. The molecule has 74 valence electrons. The van der Waals surface area contributed by atoms with Crippen LogP contribution in [0.4, 0.5) is 5.82 Å². The van der Waals surface area contributed by atoms with Gasteiger partial charge in [0.1, 0.15) is 11.6 Å². The number of hydrogen-bond acceptors (Lipinski definition) is 2. The van der Waals surface area contributed by atoms with Gasteiger partial charge in [0.2, 0.25) is 0 Å². The number of imidazole rings is 1. The molecule has 3 heteroatoms. The van der Waals surface area contributed by atoms with Crippen LogP contribution in [0, 0.1) is 6.92 Å². The molecule has 0 amide bonds. The quantitative estimate of drug-likeness (QED) is 0.773. The van der Waals surface area contributed by atoms with Crippen LogP contribution in [-0.2, 0) is 13.0 Å². The highest BCUT2D eigenvalue weighted by Crippen LogP contribution is 2.14. The van der Waals surface area contributed by atoms with E-state index in [1.54, 1.807) is 0 Å². The van der Waals surface area contributed by atoms with Gasteiger partial charge in [0, 0.05) is 13.0 Å². The van der Waals surface area contributed by atoms with Gasteiger partial charge in [0.25, 0.3) is 0 Å². The second-order valence-electron chi connectivity index (χ2n) is 3.36. The normalized spacial score (nSPS) is 10.7. The summed E-state index contributed by atoms with van der Waals surface area (Å²) in [6, 6.07) is 0. The van der Waals surface area contributed by atoms with Crippen LogP contribution in [-0.4, -0.2) is 9.55 Å². The Hall–Kier alpha value is -0.990. The third-order valence-electron chi connectivity index (χ3n) is 2.32. The summed E-state index contributed by atoms with van der Waals surface area (Å²) in [4.78, 5) is 4.42. The smallest absolute Gasteiger partial charge is 0.126 e. The summed E-state index contributed by atoms with van der Waals surface area (Å²) in [5.74, 6) is 1.95. The summed E-state index contributed by atoms with van der Waals surface area (Å²) in [5.41, 5.74) is 6.89. The SMILES string of the molecule is CCCCn1c(CC)nc(C)c1N. The summed E-state index contributed by atoms with van der Waals surface area (Å²) in [5, 5.41) is 0. The van der Waals surface area contributed by atoms with Crippen LogP contribution >= 0.6 is 0 Å². The molecule has 0 unspecified atom stereocenters. The Morgan fingerprint density at radius 2 is 2.08 bits per heavy atom. The molecule has 0 aromatic carbocycles. The average Bonchev–Trinajstić information content (AvgIpc) is 2.40. The van der Waals surface area contributed by atoms with Crippen LogP contribution in [0.15, 0.2) is 0 Å². The lowest BCUT2D eigenvalue weighted by Gasteiger charge is -2.07. The maximum atomic E-state index is 5.92. The summed E-state index contributed by atoms with van der Waals surface area (Å²) in [6.07, 6.45) is 3.33.